The first kappa shape index (κ1) is 16.7. The minimum Gasteiger partial charge on any atom is -0.497 e. The molecule has 4 nitrogen and oxygen atoms in total. The van der Waals surface area contributed by atoms with E-state index >= 15 is 0 Å². The van der Waals surface area contributed by atoms with E-state index in [0.717, 1.165) is 17.7 Å². The average Bonchev–Trinajstić information content (AvgIpc) is 3.38. The zero-order valence-corrected chi connectivity index (χ0v) is 14.3. The summed E-state index contributed by atoms with van der Waals surface area (Å²) in [5, 5.41) is 1.30. The van der Waals surface area contributed by atoms with Crippen LogP contribution in [0.3, 0.4) is 0 Å². The highest BCUT2D eigenvalue weighted by atomic mass is 32.2. The monoisotopic (exact) mass is 344 g/mol. The van der Waals surface area contributed by atoms with Crippen LogP contribution in [0.25, 0.3) is 0 Å². The minimum atomic E-state index is -3.36. The van der Waals surface area contributed by atoms with E-state index in [1.54, 1.807) is 43.5 Å². The molecule has 2 atom stereocenters. The number of rotatable bonds is 7. The van der Waals surface area contributed by atoms with Gasteiger partial charge < -0.3 is 9.47 Å². The molecule has 1 fully saturated rings. The minimum absolute atomic E-state index is 0.0920. The van der Waals surface area contributed by atoms with Crippen molar-refractivity contribution < 1.29 is 17.9 Å². The van der Waals surface area contributed by atoms with Crippen molar-refractivity contribution in [3.8, 4) is 5.75 Å². The fourth-order valence-corrected chi connectivity index (χ4v) is 3.50. The number of hydrogen-bond donors (Lipinski definition) is 0. The van der Waals surface area contributed by atoms with E-state index < -0.39 is 9.84 Å². The van der Waals surface area contributed by atoms with Gasteiger partial charge in [-0.15, -0.1) is 0 Å². The van der Waals surface area contributed by atoms with Gasteiger partial charge >= 0.3 is 0 Å². The number of hydrogen-bond acceptors (Lipinski definition) is 4. The van der Waals surface area contributed by atoms with Crippen LogP contribution in [0.1, 0.15) is 12.0 Å². The Morgan fingerprint density at radius 2 is 1.79 bits per heavy atom. The van der Waals surface area contributed by atoms with Gasteiger partial charge in [0.25, 0.3) is 0 Å². The third-order valence-electron chi connectivity index (χ3n) is 3.98. The molecule has 0 N–H and O–H groups in total. The van der Waals surface area contributed by atoms with Crippen molar-refractivity contribution in [3.05, 3.63) is 71.6 Å². The summed E-state index contributed by atoms with van der Waals surface area (Å²) in [6, 6.07) is 16.2. The summed E-state index contributed by atoms with van der Waals surface area (Å²) in [7, 11) is -1.73. The lowest BCUT2D eigenvalue weighted by atomic mass is 10.2. The van der Waals surface area contributed by atoms with E-state index in [-0.39, 0.29) is 12.0 Å². The predicted molar refractivity (Wildman–Crippen MR) is 92.4 cm³/mol. The Morgan fingerprint density at radius 1 is 1.08 bits per heavy atom. The van der Waals surface area contributed by atoms with Crippen molar-refractivity contribution in [1.82, 2.24) is 0 Å². The highest BCUT2D eigenvalue weighted by Gasteiger charge is 2.36. The molecule has 0 unspecified atom stereocenters. The lowest BCUT2D eigenvalue weighted by molar-refractivity contribution is 0.0995. The van der Waals surface area contributed by atoms with Crippen LogP contribution in [0.2, 0.25) is 0 Å². The first-order valence-corrected chi connectivity index (χ1v) is 9.36. The van der Waals surface area contributed by atoms with E-state index in [1.807, 2.05) is 24.3 Å². The Morgan fingerprint density at radius 3 is 2.46 bits per heavy atom. The van der Waals surface area contributed by atoms with Gasteiger partial charge in [0.2, 0.25) is 0 Å². The molecule has 2 aromatic carbocycles. The fourth-order valence-electron chi connectivity index (χ4n) is 2.40. The molecule has 3 rings (SSSR count). The van der Waals surface area contributed by atoms with Crippen molar-refractivity contribution in [2.24, 2.45) is 5.92 Å². The summed E-state index contributed by atoms with van der Waals surface area (Å²) >= 11 is 0. The summed E-state index contributed by atoms with van der Waals surface area (Å²) in [4.78, 5) is 0.317. The highest BCUT2D eigenvalue weighted by molar-refractivity contribution is 7.94. The van der Waals surface area contributed by atoms with E-state index in [0.29, 0.717) is 11.5 Å². The molecule has 1 aliphatic rings. The van der Waals surface area contributed by atoms with Gasteiger partial charge in [-0.1, -0.05) is 36.4 Å². The predicted octanol–water partition coefficient (Wildman–Crippen LogP) is 3.59. The first-order chi connectivity index (χ1) is 11.6. The van der Waals surface area contributed by atoms with Crippen LogP contribution in [0.5, 0.6) is 5.75 Å². The number of benzene rings is 2. The third-order valence-corrected chi connectivity index (χ3v) is 5.42. The van der Waals surface area contributed by atoms with E-state index in [2.05, 4.69) is 0 Å². The lowest BCUT2D eigenvalue weighted by Gasteiger charge is -2.04. The third kappa shape index (κ3) is 4.24. The molecule has 2 aromatic rings. The second kappa shape index (κ2) is 7.20. The molecule has 126 valence electrons. The van der Waals surface area contributed by atoms with Crippen LogP contribution in [-0.2, 0) is 21.2 Å². The number of ether oxygens (including phenoxy) is 2. The van der Waals surface area contributed by atoms with Crippen LogP contribution in [0, 0.1) is 5.92 Å². The molecule has 0 radical (unpaired) electrons. The molecule has 0 spiro atoms. The zero-order valence-electron chi connectivity index (χ0n) is 13.5. The second-order valence-corrected chi connectivity index (χ2v) is 7.62. The van der Waals surface area contributed by atoms with Crippen molar-refractivity contribution in [2.45, 2.75) is 24.0 Å². The van der Waals surface area contributed by atoms with Crippen LogP contribution >= 0.6 is 0 Å². The largest absolute Gasteiger partial charge is 0.497 e. The summed E-state index contributed by atoms with van der Waals surface area (Å²) < 4.78 is 35.3. The SMILES string of the molecule is COc1ccc(CO[C@@H]2C[C@@H]2/C=C/S(=O)(=O)c2ccccc2)cc1. The normalized spacial score (nSPS) is 20.2. The highest BCUT2D eigenvalue weighted by Crippen LogP contribution is 2.36. The average molecular weight is 344 g/mol. The molecule has 0 amide bonds. The zero-order chi connectivity index (χ0) is 17.0. The van der Waals surface area contributed by atoms with E-state index in [4.69, 9.17) is 9.47 Å². The number of methoxy groups -OCH3 is 1. The standard InChI is InChI=1S/C19H20O4S/c1-22-17-9-7-15(8-10-17)14-23-19-13-16(19)11-12-24(20,21)18-5-3-2-4-6-18/h2-12,16,19H,13-14H2,1H3/b12-11+/t16-,19+/m0/s1. The fraction of sp³-hybridized carbons (Fsp3) is 0.263. The van der Waals surface area contributed by atoms with E-state index in [1.165, 1.54) is 5.41 Å². The maximum absolute atomic E-state index is 12.2. The van der Waals surface area contributed by atoms with Gasteiger partial charge in [-0.25, -0.2) is 8.42 Å². The Labute approximate surface area is 142 Å². The molecule has 0 bridgehead atoms. The molecule has 1 aliphatic carbocycles. The van der Waals surface area contributed by atoms with Gasteiger partial charge in [0.15, 0.2) is 9.84 Å². The first-order valence-electron chi connectivity index (χ1n) is 7.81. The number of sulfone groups is 1. The molecular weight excluding hydrogens is 324 g/mol. The Kier molecular flexibility index (Phi) is 5.02. The molecule has 0 saturated heterocycles. The van der Waals surface area contributed by atoms with Gasteiger partial charge in [0.1, 0.15) is 5.75 Å². The van der Waals surface area contributed by atoms with Gasteiger partial charge in [0.05, 0.1) is 24.7 Å². The Hall–Kier alpha value is -2.11. The van der Waals surface area contributed by atoms with Gasteiger partial charge in [-0.05, 0) is 36.2 Å². The quantitative estimate of drug-likeness (QED) is 0.770. The molecule has 1 saturated carbocycles. The van der Waals surface area contributed by atoms with Crippen LogP contribution < -0.4 is 4.74 Å². The van der Waals surface area contributed by atoms with Crippen molar-refractivity contribution >= 4 is 9.84 Å². The maximum atomic E-state index is 12.2. The summed E-state index contributed by atoms with van der Waals surface area (Å²) in [5.41, 5.74) is 1.07. The van der Waals surface area contributed by atoms with E-state index in [9.17, 15) is 8.42 Å². The Balaban J connectivity index is 1.50. The molecule has 0 heterocycles. The smallest absolute Gasteiger partial charge is 0.199 e. The summed E-state index contributed by atoms with van der Waals surface area (Å²) in [6.07, 6.45) is 2.69. The van der Waals surface area contributed by atoms with Crippen molar-refractivity contribution in [2.75, 3.05) is 7.11 Å². The van der Waals surface area contributed by atoms with Crippen LogP contribution in [-0.4, -0.2) is 21.6 Å². The molecule has 5 heteroatoms. The molecule has 24 heavy (non-hydrogen) atoms. The van der Waals surface area contributed by atoms with Crippen molar-refractivity contribution in [3.63, 3.8) is 0 Å². The molecule has 0 aliphatic heterocycles. The van der Waals surface area contributed by atoms with Gasteiger partial charge in [-0.3, -0.25) is 0 Å². The Bertz CT molecular complexity index is 795. The van der Waals surface area contributed by atoms with Gasteiger partial charge in [-0.2, -0.15) is 0 Å². The maximum Gasteiger partial charge on any atom is 0.199 e. The molecular formula is C19H20O4S. The van der Waals surface area contributed by atoms with Gasteiger partial charge in [0, 0.05) is 11.3 Å². The molecule has 0 aromatic heterocycles. The van der Waals surface area contributed by atoms with Crippen LogP contribution in [0.15, 0.2) is 71.0 Å². The summed E-state index contributed by atoms with van der Waals surface area (Å²) in [6.45, 7) is 0.518. The second-order valence-electron chi connectivity index (χ2n) is 5.78. The summed E-state index contributed by atoms with van der Waals surface area (Å²) in [5.74, 6) is 0.985. The van der Waals surface area contributed by atoms with Crippen molar-refractivity contribution in [1.29, 1.82) is 0 Å². The van der Waals surface area contributed by atoms with Crippen LogP contribution in [0.4, 0.5) is 0 Å². The lowest BCUT2D eigenvalue weighted by Crippen LogP contribution is -1.98. The topological polar surface area (TPSA) is 52.6 Å².